The highest BCUT2D eigenvalue weighted by atomic mass is 16.5. The molecule has 1 rings (SSSR count). The second-order valence-corrected chi connectivity index (χ2v) is 4.89. The standard InChI is InChI=1S/C12H25N3O2/c1-10(3-4-12(16)14-13)15-7-5-11(6-8-15)9-17-2/h10-11H,3-9,13H2,1-2H3,(H,14,16). The Morgan fingerprint density at radius 2 is 2.18 bits per heavy atom. The molecule has 0 aliphatic carbocycles. The van der Waals surface area contributed by atoms with Crippen LogP contribution in [0, 0.1) is 5.92 Å². The summed E-state index contributed by atoms with van der Waals surface area (Å²) in [6, 6.07) is 0.454. The number of methoxy groups -OCH3 is 1. The molecule has 0 aromatic rings. The predicted octanol–water partition coefficient (Wildman–Crippen LogP) is 0.503. The molecule has 1 fully saturated rings. The Balaban J connectivity index is 2.21. The molecule has 3 N–H and O–H groups in total. The van der Waals surface area contributed by atoms with Crippen LogP contribution in [-0.2, 0) is 9.53 Å². The monoisotopic (exact) mass is 243 g/mol. The van der Waals surface area contributed by atoms with Crippen molar-refractivity contribution >= 4 is 5.91 Å². The first-order valence-corrected chi connectivity index (χ1v) is 6.39. The van der Waals surface area contributed by atoms with Gasteiger partial charge in [0.15, 0.2) is 0 Å². The van der Waals surface area contributed by atoms with Crippen LogP contribution in [0.25, 0.3) is 0 Å². The number of rotatable bonds is 6. The number of nitrogens with one attached hydrogen (secondary N) is 1. The SMILES string of the molecule is COCC1CCN(C(C)CCC(=O)NN)CC1. The van der Waals surface area contributed by atoms with Gasteiger partial charge in [0.2, 0.25) is 5.91 Å². The van der Waals surface area contributed by atoms with Crippen LogP contribution in [0.15, 0.2) is 0 Å². The molecule has 0 saturated carbocycles. The van der Waals surface area contributed by atoms with Crippen molar-refractivity contribution < 1.29 is 9.53 Å². The number of ether oxygens (including phenoxy) is 1. The summed E-state index contributed by atoms with van der Waals surface area (Å²) in [5.74, 6) is 5.69. The van der Waals surface area contributed by atoms with Crippen LogP contribution in [0.4, 0.5) is 0 Å². The van der Waals surface area contributed by atoms with Gasteiger partial charge in [-0.1, -0.05) is 0 Å². The third kappa shape index (κ3) is 5.02. The third-order valence-electron chi connectivity index (χ3n) is 3.63. The molecule has 0 spiro atoms. The number of hydrogen-bond acceptors (Lipinski definition) is 4. The van der Waals surface area contributed by atoms with Gasteiger partial charge in [-0.3, -0.25) is 10.2 Å². The van der Waals surface area contributed by atoms with E-state index in [9.17, 15) is 4.79 Å². The quantitative estimate of drug-likeness (QED) is 0.405. The Kier molecular flexibility index (Phi) is 6.47. The molecule has 1 aliphatic rings. The van der Waals surface area contributed by atoms with Crippen LogP contribution in [0.1, 0.15) is 32.6 Å². The molecule has 0 aromatic heterocycles. The molecule has 5 heteroatoms. The van der Waals surface area contributed by atoms with Crippen molar-refractivity contribution in [2.24, 2.45) is 11.8 Å². The Hall–Kier alpha value is -0.650. The molecule has 0 bridgehead atoms. The van der Waals surface area contributed by atoms with E-state index >= 15 is 0 Å². The number of carbonyl (C=O) groups excluding carboxylic acids is 1. The number of hydrogen-bond donors (Lipinski definition) is 2. The van der Waals surface area contributed by atoms with E-state index in [0.717, 1.165) is 26.1 Å². The second-order valence-electron chi connectivity index (χ2n) is 4.89. The highest BCUT2D eigenvalue weighted by molar-refractivity contribution is 5.75. The first kappa shape index (κ1) is 14.4. The summed E-state index contributed by atoms with van der Waals surface area (Å²) in [7, 11) is 1.76. The largest absolute Gasteiger partial charge is 0.384 e. The van der Waals surface area contributed by atoms with Crippen molar-refractivity contribution in [2.75, 3.05) is 26.8 Å². The molecule has 1 atom stereocenters. The van der Waals surface area contributed by atoms with E-state index < -0.39 is 0 Å². The summed E-state index contributed by atoms with van der Waals surface area (Å²) >= 11 is 0. The van der Waals surface area contributed by atoms with Gasteiger partial charge in [0, 0.05) is 26.2 Å². The Morgan fingerprint density at radius 1 is 1.53 bits per heavy atom. The lowest BCUT2D eigenvalue weighted by atomic mass is 9.96. The van der Waals surface area contributed by atoms with Gasteiger partial charge < -0.3 is 9.64 Å². The van der Waals surface area contributed by atoms with Crippen molar-refractivity contribution in [2.45, 2.75) is 38.6 Å². The zero-order chi connectivity index (χ0) is 12.7. The first-order valence-electron chi connectivity index (χ1n) is 6.39. The van der Waals surface area contributed by atoms with E-state index in [4.69, 9.17) is 10.6 Å². The van der Waals surface area contributed by atoms with Crippen LogP contribution >= 0.6 is 0 Å². The number of carbonyl (C=O) groups is 1. The summed E-state index contributed by atoms with van der Waals surface area (Å²) in [6.07, 6.45) is 3.77. The summed E-state index contributed by atoms with van der Waals surface area (Å²) < 4.78 is 5.19. The van der Waals surface area contributed by atoms with E-state index in [-0.39, 0.29) is 5.91 Å². The van der Waals surface area contributed by atoms with Crippen LogP contribution in [0.2, 0.25) is 0 Å². The maximum Gasteiger partial charge on any atom is 0.233 e. The molecule has 1 aliphatic heterocycles. The molecule has 1 unspecified atom stereocenters. The minimum Gasteiger partial charge on any atom is -0.384 e. The molecule has 17 heavy (non-hydrogen) atoms. The van der Waals surface area contributed by atoms with E-state index in [1.165, 1.54) is 12.8 Å². The fraction of sp³-hybridized carbons (Fsp3) is 0.917. The predicted molar refractivity (Wildman–Crippen MR) is 67.2 cm³/mol. The van der Waals surface area contributed by atoms with Gasteiger partial charge in [0.1, 0.15) is 0 Å². The maximum atomic E-state index is 11.1. The van der Waals surface area contributed by atoms with Crippen LogP contribution in [0.3, 0.4) is 0 Å². The van der Waals surface area contributed by atoms with Gasteiger partial charge in [0.25, 0.3) is 0 Å². The van der Waals surface area contributed by atoms with Crippen molar-refractivity contribution in [3.63, 3.8) is 0 Å². The lowest BCUT2D eigenvalue weighted by Gasteiger charge is -2.35. The number of nitrogens with two attached hydrogens (primary N) is 1. The van der Waals surface area contributed by atoms with Crippen molar-refractivity contribution in [1.82, 2.24) is 10.3 Å². The molecule has 1 heterocycles. The van der Waals surface area contributed by atoms with Gasteiger partial charge in [-0.25, -0.2) is 5.84 Å². The van der Waals surface area contributed by atoms with Gasteiger partial charge in [-0.15, -0.1) is 0 Å². The van der Waals surface area contributed by atoms with Crippen molar-refractivity contribution in [3.8, 4) is 0 Å². The molecular formula is C12H25N3O2. The molecule has 1 amide bonds. The minimum absolute atomic E-state index is 0.0777. The lowest BCUT2D eigenvalue weighted by molar-refractivity contribution is -0.121. The van der Waals surface area contributed by atoms with Crippen molar-refractivity contribution in [1.29, 1.82) is 0 Å². The minimum atomic E-state index is -0.0777. The number of hydrazine groups is 1. The smallest absolute Gasteiger partial charge is 0.233 e. The van der Waals surface area contributed by atoms with Gasteiger partial charge in [0.05, 0.1) is 0 Å². The topological polar surface area (TPSA) is 67.6 Å². The average molecular weight is 243 g/mol. The number of piperidine rings is 1. The fourth-order valence-corrected chi connectivity index (χ4v) is 2.39. The molecule has 1 saturated heterocycles. The van der Waals surface area contributed by atoms with Crippen LogP contribution < -0.4 is 11.3 Å². The van der Waals surface area contributed by atoms with E-state index in [1.807, 2.05) is 0 Å². The molecular weight excluding hydrogens is 218 g/mol. The number of amides is 1. The van der Waals surface area contributed by atoms with E-state index in [1.54, 1.807) is 7.11 Å². The van der Waals surface area contributed by atoms with Crippen LogP contribution in [0.5, 0.6) is 0 Å². The summed E-state index contributed by atoms with van der Waals surface area (Å²) in [6.45, 7) is 5.27. The van der Waals surface area contributed by atoms with Gasteiger partial charge in [-0.05, 0) is 45.2 Å². The van der Waals surface area contributed by atoms with Crippen LogP contribution in [-0.4, -0.2) is 43.7 Å². The summed E-state index contributed by atoms with van der Waals surface area (Å²) in [5.41, 5.74) is 2.17. The molecule has 5 nitrogen and oxygen atoms in total. The molecule has 0 aromatic carbocycles. The zero-order valence-corrected chi connectivity index (χ0v) is 10.9. The normalized spacial score (nSPS) is 20.2. The molecule has 100 valence electrons. The van der Waals surface area contributed by atoms with E-state index in [2.05, 4.69) is 17.2 Å². The highest BCUT2D eigenvalue weighted by Gasteiger charge is 2.22. The first-order chi connectivity index (χ1) is 8.17. The van der Waals surface area contributed by atoms with Gasteiger partial charge in [-0.2, -0.15) is 0 Å². The highest BCUT2D eigenvalue weighted by Crippen LogP contribution is 2.20. The zero-order valence-electron chi connectivity index (χ0n) is 10.9. The number of nitrogens with zero attached hydrogens (tertiary/aromatic N) is 1. The Morgan fingerprint density at radius 3 is 2.71 bits per heavy atom. The second kappa shape index (κ2) is 7.63. The fourth-order valence-electron chi connectivity index (χ4n) is 2.39. The molecule has 0 radical (unpaired) electrons. The summed E-state index contributed by atoms with van der Waals surface area (Å²) in [5, 5.41) is 0. The van der Waals surface area contributed by atoms with Gasteiger partial charge >= 0.3 is 0 Å². The lowest BCUT2D eigenvalue weighted by Crippen LogP contribution is -2.41. The Labute approximate surface area is 104 Å². The number of likely N-dealkylation sites (tertiary alicyclic amines) is 1. The average Bonchev–Trinajstić information content (AvgIpc) is 2.36. The maximum absolute atomic E-state index is 11.1. The van der Waals surface area contributed by atoms with Crippen molar-refractivity contribution in [3.05, 3.63) is 0 Å². The Bertz CT molecular complexity index is 228. The third-order valence-corrected chi connectivity index (χ3v) is 3.63. The van der Waals surface area contributed by atoms with E-state index in [0.29, 0.717) is 18.4 Å². The summed E-state index contributed by atoms with van der Waals surface area (Å²) in [4.78, 5) is 13.5.